The van der Waals surface area contributed by atoms with Crippen LogP contribution >= 0.6 is 11.3 Å². The maximum absolute atomic E-state index is 12.6. The molecule has 1 aromatic carbocycles. The molecule has 0 aliphatic rings. The summed E-state index contributed by atoms with van der Waals surface area (Å²) in [4.78, 5) is 15.1. The number of benzene rings is 1. The molecule has 0 bridgehead atoms. The van der Waals surface area contributed by atoms with E-state index < -0.39 is 6.10 Å². The van der Waals surface area contributed by atoms with Crippen LogP contribution in [0.3, 0.4) is 0 Å². The SMILES string of the molecule is O=C(Cn1cnnn1)N(Cc1ccccc1)CC(O)c1cccs1. The van der Waals surface area contributed by atoms with Crippen molar-refractivity contribution in [2.24, 2.45) is 0 Å². The van der Waals surface area contributed by atoms with Crippen LogP contribution < -0.4 is 0 Å². The number of aliphatic hydroxyl groups excluding tert-OH is 1. The summed E-state index contributed by atoms with van der Waals surface area (Å²) in [7, 11) is 0. The molecule has 1 atom stereocenters. The molecule has 0 aliphatic heterocycles. The molecule has 124 valence electrons. The Labute approximate surface area is 143 Å². The van der Waals surface area contributed by atoms with Crippen LogP contribution in [-0.2, 0) is 17.9 Å². The first-order valence-corrected chi connectivity index (χ1v) is 8.34. The minimum Gasteiger partial charge on any atom is -0.386 e. The number of hydrogen-bond acceptors (Lipinski definition) is 6. The molecule has 0 fully saturated rings. The number of nitrogens with zero attached hydrogens (tertiary/aromatic N) is 5. The van der Waals surface area contributed by atoms with E-state index in [1.54, 1.807) is 4.90 Å². The van der Waals surface area contributed by atoms with Gasteiger partial charge in [-0.3, -0.25) is 4.79 Å². The first-order chi connectivity index (χ1) is 11.7. The molecule has 7 nitrogen and oxygen atoms in total. The van der Waals surface area contributed by atoms with Crippen LogP contribution in [0.25, 0.3) is 0 Å². The van der Waals surface area contributed by atoms with E-state index in [0.29, 0.717) is 6.54 Å². The Morgan fingerprint density at radius 3 is 2.75 bits per heavy atom. The number of tetrazole rings is 1. The molecule has 1 amide bonds. The van der Waals surface area contributed by atoms with Gasteiger partial charge < -0.3 is 10.0 Å². The third kappa shape index (κ3) is 4.24. The summed E-state index contributed by atoms with van der Waals surface area (Å²) in [5, 5.41) is 23.1. The first-order valence-electron chi connectivity index (χ1n) is 7.46. The third-order valence-corrected chi connectivity index (χ3v) is 4.50. The smallest absolute Gasteiger partial charge is 0.244 e. The van der Waals surface area contributed by atoms with Crippen LogP contribution in [0.1, 0.15) is 16.5 Å². The minimum absolute atomic E-state index is 0.0387. The van der Waals surface area contributed by atoms with Crippen LogP contribution in [0.15, 0.2) is 54.2 Å². The van der Waals surface area contributed by atoms with Crippen molar-refractivity contribution in [2.75, 3.05) is 6.54 Å². The Morgan fingerprint density at radius 2 is 2.08 bits per heavy atom. The fourth-order valence-electron chi connectivity index (χ4n) is 2.33. The normalized spacial score (nSPS) is 12.0. The van der Waals surface area contributed by atoms with E-state index in [4.69, 9.17) is 0 Å². The minimum atomic E-state index is -0.716. The average molecular weight is 343 g/mol. The van der Waals surface area contributed by atoms with Gasteiger partial charge in [-0.1, -0.05) is 36.4 Å². The number of amides is 1. The van der Waals surface area contributed by atoms with Crippen molar-refractivity contribution >= 4 is 17.2 Å². The lowest BCUT2D eigenvalue weighted by molar-refractivity contribution is -0.134. The highest BCUT2D eigenvalue weighted by molar-refractivity contribution is 7.10. The van der Waals surface area contributed by atoms with Crippen molar-refractivity contribution in [3.05, 3.63) is 64.6 Å². The molecule has 3 rings (SSSR count). The summed E-state index contributed by atoms with van der Waals surface area (Å²) >= 11 is 1.47. The van der Waals surface area contributed by atoms with E-state index in [-0.39, 0.29) is 19.0 Å². The van der Waals surface area contributed by atoms with Crippen molar-refractivity contribution in [1.82, 2.24) is 25.1 Å². The molecule has 24 heavy (non-hydrogen) atoms. The van der Waals surface area contributed by atoms with E-state index >= 15 is 0 Å². The summed E-state index contributed by atoms with van der Waals surface area (Å²) in [6.45, 7) is 0.678. The van der Waals surface area contributed by atoms with Gasteiger partial charge in [0.05, 0.1) is 6.54 Å². The van der Waals surface area contributed by atoms with E-state index in [1.165, 1.54) is 22.3 Å². The number of carbonyl (C=O) groups excluding carboxylic acids is 1. The van der Waals surface area contributed by atoms with Gasteiger partial charge in [0, 0.05) is 11.4 Å². The van der Waals surface area contributed by atoms with Gasteiger partial charge in [-0.2, -0.15) is 0 Å². The Morgan fingerprint density at radius 1 is 1.25 bits per heavy atom. The van der Waals surface area contributed by atoms with Crippen LogP contribution in [0.4, 0.5) is 0 Å². The molecule has 3 aromatic rings. The van der Waals surface area contributed by atoms with E-state index in [1.807, 2.05) is 47.8 Å². The van der Waals surface area contributed by atoms with Crippen LogP contribution in [0.5, 0.6) is 0 Å². The topological polar surface area (TPSA) is 84.1 Å². The zero-order valence-electron chi connectivity index (χ0n) is 12.9. The highest BCUT2D eigenvalue weighted by Gasteiger charge is 2.20. The second-order valence-corrected chi connectivity index (χ2v) is 6.28. The maximum atomic E-state index is 12.6. The van der Waals surface area contributed by atoms with E-state index in [0.717, 1.165) is 10.4 Å². The molecule has 0 spiro atoms. The fourth-order valence-corrected chi connectivity index (χ4v) is 3.03. The zero-order valence-corrected chi connectivity index (χ0v) is 13.7. The van der Waals surface area contributed by atoms with Gasteiger partial charge in [-0.25, -0.2) is 4.68 Å². The zero-order chi connectivity index (χ0) is 16.8. The largest absolute Gasteiger partial charge is 0.386 e. The number of aromatic nitrogens is 4. The molecular weight excluding hydrogens is 326 g/mol. The summed E-state index contributed by atoms with van der Waals surface area (Å²) in [5.41, 5.74) is 1.00. The number of carbonyl (C=O) groups is 1. The Hall–Kier alpha value is -2.58. The third-order valence-electron chi connectivity index (χ3n) is 3.52. The van der Waals surface area contributed by atoms with Gasteiger partial charge in [0.2, 0.25) is 5.91 Å². The molecule has 2 aromatic heterocycles. The number of hydrogen-bond donors (Lipinski definition) is 1. The molecule has 0 saturated heterocycles. The average Bonchev–Trinajstić information content (AvgIpc) is 3.29. The van der Waals surface area contributed by atoms with Gasteiger partial charge in [-0.15, -0.1) is 16.4 Å². The summed E-state index contributed by atoms with van der Waals surface area (Å²) in [6, 6.07) is 13.4. The van der Waals surface area contributed by atoms with Crippen molar-refractivity contribution in [3.8, 4) is 0 Å². The number of thiophene rings is 1. The Kier molecular flexibility index (Phi) is 5.29. The van der Waals surface area contributed by atoms with Gasteiger partial charge in [0.1, 0.15) is 19.0 Å². The number of aliphatic hydroxyl groups is 1. The standard InChI is InChI=1S/C16H17N5O2S/c22-14(15-7-4-8-24-15)10-20(9-13-5-2-1-3-6-13)16(23)11-21-12-17-18-19-21/h1-8,12,14,22H,9-11H2. The Balaban J connectivity index is 1.73. The van der Waals surface area contributed by atoms with Gasteiger partial charge >= 0.3 is 0 Å². The van der Waals surface area contributed by atoms with Gasteiger partial charge in [0.15, 0.2) is 0 Å². The summed E-state index contributed by atoms with van der Waals surface area (Å²) < 4.78 is 1.37. The van der Waals surface area contributed by atoms with E-state index in [9.17, 15) is 9.90 Å². The second-order valence-electron chi connectivity index (χ2n) is 5.30. The number of rotatable bonds is 7. The van der Waals surface area contributed by atoms with Crippen LogP contribution in [0, 0.1) is 0 Å². The predicted molar refractivity (Wildman–Crippen MR) is 89.0 cm³/mol. The first kappa shape index (κ1) is 16.3. The molecule has 1 N–H and O–H groups in total. The van der Waals surface area contributed by atoms with Crippen molar-refractivity contribution in [2.45, 2.75) is 19.2 Å². The highest BCUT2D eigenvalue weighted by Crippen LogP contribution is 2.20. The Bertz CT molecular complexity index is 746. The lowest BCUT2D eigenvalue weighted by atomic mass is 10.2. The van der Waals surface area contributed by atoms with Gasteiger partial charge in [0.25, 0.3) is 0 Å². The van der Waals surface area contributed by atoms with Crippen molar-refractivity contribution in [3.63, 3.8) is 0 Å². The summed E-state index contributed by atoms with van der Waals surface area (Å²) in [6.07, 6.45) is 0.681. The summed E-state index contributed by atoms with van der Waals surface area (Å²) in [5.74, 6) is -0.151. The van der Waals surface area contributed by atoms with Crippen molar-refractivity contribution in [1.29, 1.82) is 0 Å². The molecular formula is C16H17N5O2S. The fraction of sp³-hybridized carbons (Fsp3) is 0.250. The highest BCUT2D eigenvalue weighted by atomic mass is 32.1. The quantitative estimate of drug-likeness (QED) is 0.703. The molecule has 0 aliphatic carbocycles. The molecule has 1 unspecified atom stereocenters. The van der Waals surface area contributed by atoms with E-state index in [2.05, 4.69) is 15.5 Å². The van der Waals surface area contributed by atoms with Gasteiger partial charge in [-0.05, 0) is 27.4 Å². The molecule has 2 heterocycles. The molecule has 0 saturated carbocycles. The second kappa shape index (κ2) is 7.80. The van der Waals surface area contributed by atoms with Crippen molar-refractivity contribution < 1.29 is 9.90 Å². The molecule has 0 radical (unpaired) electrons. The van der Waals surface area contributed by atoms with Crippen LogP contribution in [0.2, 0.25) is 0 Å². The molecule has 8 heteroatoms. The monoisotopic (exact) mass is 343 g/mol. The maximum Gasteiger partial charge on any atom is 0.244 e. The van der Waals surface area contributed by atoms with Crippen LogP contribution in [-0.4, -0.2) is 42.7 Å². The lowest BCUT2D eigenvalue weighted by Gasteiger charge is -2.25. The lowest BCUT2D eigenvalue weighted by Crippen LogP contribution is -2.36. The predicted octanol–water partition coefficient (Wildman–Crippen LogP) is 1.50.